The van der Waals surface area contributed by atoms with Crippen molar-refractivity contribution in [3.05, 3.63) is 57.4 Å². The van der Waals surface area contributed by atoms with Gasteiger partial charge >= 0.3 is 0 Å². The minimum Gasteiger partial charge on any atom is -0.464 e. The number of thiophene rings is 1. The Morgan fingerprint density at radius 1 is 1.18 bits per heavy atom. The van der Waals surface area contributed by atoms with Crippen LogP contribution in [0.5, 0.6) is 0 Å². The Morgan fingerprint density at radius 3 is 2.76 bits per heavy atom. The maximum Gasteiger partial charge on any atom is 0.134 e. The van der Waals surface area contributed by atoms with Gasteiger partial charge in [0.25, 0.3) is 0 Å². The monoisotopic (exact) mass is 264 g/mol. The summed E-state index contributed by atoms with van der Waals surface area (Å²) in [5, 5.41) is 11.2. The highest BCUT2D eigenvalue weighted by atomic mass is 35.5. The van der Waals surface area contributed by atoms with E-state index in [0.29, 0.717) is 4.34 Å². The predicted molar refractivity (Wildman–Crippen MR) is 69.6 cm³/mol. The number of halogens is 1. The number of furan rings is 1. The number of para-hydroxylation sites is 1. The van der Waals surface area contributed by atoms with Gasteiger partial charge in [0.1, 0.15) is 11.7 Å². The molecule has 86 valence electrons. The summed E-state index contributed by atoms with van der Waals surface area (Å²) in [6.45, 7) is 0. The topological polar surface area (TPSA) is 33.4 Å². The lowest BCUT2D eigenvalue weighted by atomic mass is 10.1. The van der Waals surface area contributed by atoms with Crippen molar-refractivity contribution >= 4 is 33.9 Å². The van der Waals surface area contributed by atoms with E-state index in [-0.39, 0.29) is 0 Å². The van der Waals surface area contributed by atoms with E-state index in [0.717, 1.165) is 21.4 Å². The molecule has 2 nitrogen and oxygen atoms in total. The van der Waals surface area contributed by atoms with Gasteiger partial charge in [0, 0.05) is 15.8 Å². The molecule has 0 fully saturated rings. The highest BCUT2D eigenvalue weighted by Gasteiger charge is 2.17. The van der Waals surface area contributed by atoms with Crippen molar-refractivity contribution in [2.45, 2.75) is 6.10 Å². The van der Waals surface area contributed by atoms with E-state index in [2.05, 4.69) is 0 Å². The van der Waals surface area contributed by atoms with E-state index in [1.165, 1.54) is 11.3 Å². The van der Waals surface area contributed by atoms with E-state index in [1.807, 2.05) is 30.3 Å². The second kappa shape index (κ2) is 4.18. The molecule has 17 heavy (non-hydrogen) atoms. The molecule has 3 rings (SSSR count). The van der Waals surface area contributed by atoms with Crippen LogP contribution in [0.4, 0.5) is 0 Å². The van der Waals surface area contributed by atoms with Gasteiger partial charge in [-0.2, -0.15) is 0 Å². The smallest absolute Gasteiger partial charge is 0.134 e. The second-order valence-corrected chi connectivity index (χ2v) is 5.48. The molecule has 0 aliphatic rings. The van der Waals surface area contributed by atoms with Crippen molar-refractivity contribution in [1.29, 1.82) is 0 Å². The summed E-state index contributed by atoms with van der Waals surface area (Å²) in [7, 11) is 0. The molecule has 2 heterocycles. The van der Waals surface area contributed by atoms with Gasteiger partial charge in [0.15, 0.2) is 0 Å². The molecule has 1 atom stereocenters. The zero-order valence-corrected chi connectivity index (χ0v) is 10.3. The van der Waals surface area contributed by atoms with Crippen molar-refractivity contribution in [1.82, 2.24) is 0 Å². The molecule has 0 spiro atoms. The summed E-state index contributed by atoms with van der Waals surface area (Å²) in [4.78, 5) is 0.821. The number of benzene rings is 1. The molecule has 0 aliphatic carbocycles. The fourth-order valence-electron chi connectivity index (χ4n) is 1.84. The van der Waals surface area contributed by atoms with Crippen LogP contribution in [0.3, 0.4) is 0 Å². The van der Waals surface area contributed by atoms with Gasteiger partial charge in [0.2, 0.25) is 0 Å². The Hall–Kier alpha value is -1.29. The molecule has 0 saturated carbocycles. The highest BCUT2D eigenvalue weighted by molar-refractivity contribution is 7.16. The first-order valence-corrected chi connectivity index (χ1v) is 6.34. The fraction of sp³-hybridized carbons (Fsp3) is 0.0769. The molecule has 0 amide bonds. The molecule has 2 aromatic heterocycles. The van der Waals surface area contributed by atoms with Crippen molar-refractivity contribution in [3.63, 3.8) is 0 Å². The van der Waals surface area contributed by atoms with Crippen LogP contribution in [0, 0.1) is 0 Å². The van der Waals surface area contributed by atoms with Gasteiger partial charge in [-0.1, -0.05) is 29.8 Å². The minimum atomic E-state index is -0.684. The number of fused-ring (bicyclic) bond motifs is 1. The first-order chi connectivity index (χ1) is 8.25. The van der Waals surface area contributed by atoms with Gasteiger partial charge in [-0.05, 0) is 18.2 Å². The Balaban J connectivity index is 2.09. The normalized spacial score (nSPS) is 13.1. The Morgan fingerprint density at radius 2 is 2.00 bits per heavy atom. The molecular weight excluding hydrogens is 256 g/mol. The summed E-state index contributed by atoms with van der Waals surface area (Å²) < 4.78 is 6.08. The molecule has 0 radical (unpaired) electrons. The summed E-state index contributed by atoms with van der Waals surface area (Å²) in [5.74, 6) is 0. The van der Waals surface area contributed by atoms with E-state index in [9.17, 15) is 5.11 Å². The third kappa shape index (κ3) is 1.86. The Labute approximate surface area is 107 Å². The molecule has 1 N–H and O–H groups in total. The van der Waals surface area contributed by atoms with Gasteiger partial charge in [0.05, 0.1) is 10.6 Å². The van der Waals surface area contributed by atoms with Crippen molar-refractivity contribution < 1.29 is 9.52 Å². The number of hydrogen-bond donors (Lipinski definition) is 1. The third-order valence-electron chi connectivity index (χ3n) is 2.67. The highest BCUT2D eigenvalue weighted by Crippen LogP contribution is 2.34. The van der Waals surface area contributed by atoms with Gasteiger partial charge in [-0.25, -0.2) is 0 Å². The van der Waals surface area contributed by atoms with E-state index >= 15 is 0 Å². The number of aliphatic hydroxyl groups is 1. The average molecular weight is 265 g/mol. The van der Waals surface area contributed by atoms with Crippen LogP contribution < -0.4 is 0 Å². The van der Waals surface area contributed by atoms with Crippen molar-refractivity contribution in [2.24, 2.45) is 0 Å². The molecule has 4 heteroatoms. The van der Waals surface area contributed by atoms with Crippen LogP contribution in [-0.4, -0.2) is 5.11 Å². The lowest BCUT2D eigenvalue weighted by Gasteiger charge is -2.05. The maximum atomic E-state index is 10.3. The van der Waals surface area contributed by atoms with Gasteiger partial charge in [-0.3, -0.25) is 0 Å². The van der Waals surface area contributed by atoms with Crippen molar-refractivity contribution in [3.8, 4) is 0 Å². The van der Waals surface area contributed by atoms with Gasteiger partial charge in [-0.15, -0.1) is 11.3 Å². The second-order valence-electron chi connectivity index (χ2n) is 3.73. The van der Waals surface area contributed by atoms with Crippen LogP contribution in [0.25, 0.3) is 11.0 Å². The van der Waals surface area contributed by atoms with E-state index < -0.39 is 6.10 Å². The molecule has 1 unspecified atom stereocenters. The first-order valence-electron chi connectivity index (χ1n) is 5.15. The summed E-state index contributed by atoms with van der Waals surface area (Å²) in [5.41, 5.74) is 1.56. The lowest BCUT2D eigenvalue weighted by Crippen LogP contribution is -1.95. The predicted octanol–water partition coefficient (Wildman–Crippen LogP) is 4.23. The van der Waals surface area contributed by atoms with Crippen LogP contribution >= 0.6 is 22.9 Å². The number of hydrogen-bond acceptors (Lipinski definition) is 3. The van der Waals surface area contributed by atoms with Crippen LogP contribution in [0.2, 0.25) is 4.34 Å². The van der Waals surface area contributed by atoms with Gasteiger partial charge < -0.3 is 9.52 Å². The molecular formula is C13H9ClO2S. The number of aliphatic hydroxyl groups excluding tert-OH is 1. The summed E-state index contributed by atoms with van der Waals surface area (Å²) >= 11 is 7.24. The Kier molecular flexibility index (Phi) is 2.67. The quantitative estimate of drug-likeness (QED) is 0.751. The average Bonchev–Trinajstić information content (AvgIpc) is 2.94. The fourth-order valence-corrected chi connectivity index (χ4v) is 2.90. The zero-order chi connectivity index (χ0) is 11.8. The molecule has 0 saturated heterocycles. The molecule has 0 aliphatic heterocycles. The molecule has 1 aromatic carbocycles. The van der Waals surface area contributed by atoms with Crippen molar-refractivity contribution in [2.75, 3.05) is 0 Å². The summed E-state index contributed by atoms with van der Waals surface area (Å²) in [6, 6.07) is 11.3. The SMILES string of the molecule is OC(c1ccc(Cl)s1)c1coc2ccccc12. The molecule has 3 aromatic rings. The van der Waals surface area contributed by atoms with E-state index in [4.69, 9.17) is 16.0 Å². The number of rotatable bonds is 2. The lowest BCUT2D eigenvalue weighted by molar-refractivity contribution is 0.224. The minimum absolute atomic E-state index is 0.673. The largest absolute Gasteiger partial charge is 0.464 e. The molecule has 0 bridgehead atoms. The Bertz CT molecular complexity index is 656. The van der Waals surface area contributed by atoms with Crippen LogP contribution in [-0.2, 0) is 0 Å². The van der Waals surface area contributed by atoms with E-state index in [1.54, 1.807) is 12.3 Å². The maximum absolute atomic E-state index is 10.3. The van der Waals surface area contributed by atoms with Crippen LogP contribution in [0.15, 0.2) is 47.1 Å². The third-order valence-corrected chi connectivity index (χ3v) is 3.95. The summed E-state index contributed by atoms with van der Waals surface area (Å²) in [6.07, 6.45) is 0.916. The standard InChI is InChI=1S/C13H9ClO2S/c14-12-6-5-11(17-12)13(15)9-7-16-10-4-2-1-3-8(9)10/h1-7,13,15H. The first kappa shape index (κ1) is 10.8. The zero-order valence-electron chi connectivity index (χ0n) is 8.76. The van der Waals surface area contributed by atoms with Crippen LogP contribution in [0.1, 0.15) is 16.5 Å².